The maximum absolute atomic E-state index is 11.4. The second-order valence-corrected chi connectivity index (χ2v) is 10.7. The molecule has 0 aliphatic carbocycles. The van der Waals surface area contributed by atoms with Crippen LogP contribution in [0, 0.1) is 13.8 Å². The Hall–Kier alpha value is -2.98. The number of aliphatic carboxylic acids is 2. The predicted molar refractivity (Wildman–Crippen MR) is 164 cm³/mol. The van der Waals surface area contributed by atoms with Crippen molar-refractivity contribution in [3.63, 3.8) is 0 Å². The normalized spacial score (nSPS) is 12.5. The minimum absolute atomic E-state index is 0. The second-order valence-electron chi connectivity index (χ2n) is 10.7. The van der Waals surface area contributed by atoms with E-state index in [1.807, 2.05) is 58.0 Å². The minimum atomic E-state index is -1.15. The van der Waals surface area contributed by atoms with Gasteiger partial charge in [-0.15, -0.1) is 0 Å². The number of carboxylic acid groups (broad SMARTS) is 2. The van der Waals surface area contributed by atoms with E-state index in [1.54, 1.807) is 6.08 Å². The van der Waals surface area contributed by atoms with E-state index in [1.165, 1.54) is 0 Å². The van der Waals surface area contributed by atoms with Gasteiger partial charge in [-0.25, -0.2) is 9.97 Å². The van der Waals surface area contributed by atoms with Gasteiger partial charge in [-0.2, -0.15) is 0 Å². The van der Waals surface area contributed by atoms with E-state index in [0.717, 1.165) is 66.6 Å². The van der Waals surface area contributed by atoms with Gasteiger partial charge in [-0.3, -0.25) is 0 Å². The molecule has 2 aliphatic heterocycles. The zero-order valence-corrected chi connectivity index (χ0v) is 30.2. The Bertz CT molecular complexity index is 1930. The molecule has 2 aliphatic rings. The van der Waals surface area contributed by atoms with E-state index in [4.69, 9.17) is 9.97 Å². The summed E-state index contributed by atoms with van der Waals surface area (Å²) in [5.74, 6) is -2.29. The molecule has 0 aromatic carbocycles. The average Bonchev–Trinajstić information content (AvgIpc) is 3.59. The summed E-state index contributed by atoms with van der Waals surface area (Å²) < 4.78 is 0. The van der Waals surface area contributed by atoms with Crippen LogP contribution in [0.5, 0.6) is 0 Å². The van der Waals surface area contributed by atoms with Crippen molar-refractivity contribution < 1.29 is 78.9 Å². The van der Waals surface area contributed by atoms with Crippen molar-refractivity contribution in [3.8, 4) is 0 Å². The molecule has 2 N–H and O–H groups in total. The molecule has 8 nitrogen and oxygen atoms in total. The first-order chi connectivity index (χ1) is 20.0. The summed E-state index contributed by atoms with van der Waals surface area (Å²) in [6, 6.07) is 7.78. The molecule has 0 spiro atoms. The number of fused-ring (bicyclic) bond motifs is 8. The molecule has 0 saturated heterocycles. The van der Waals surface area contributed by atoms with Crippen LogP contribution in [0.3, 0.4) is 0 Å². The quantitative estimate of drug-likeness (QED) is 0.321. The summed E-state index contributed by atoms with van der Waals surface area (Å²) in [6.45, 7) is 16.0. The molecule has 10 heteroatoms. The number of aryl methyl sites for hydroxylation is 2. The molecular weight excluding hydrogens is 574 g/mol. The molecule has 214 valence electrons. The Labute approximate surface area is 300 Å². The maximum atomic E-state index is 11.4. The number of nitrogens with one attached hydrogen (secondary N) is 2. The molecule has 0 saturated carbocycles. The fraction of sp³-hybridized carbons (Fsp3) is 0.235. The van der Waals surface area contributed by atoms with Gasteiger partial charge in [0.15, 0.2) is 0 Å². The van der Waals surface area contributed by atoms with E-state index in [0.29, 0.717) is 22.8 Å². The van der Waals surface area contributed by atoms with Crippen molar-refractivity contribution in [2.45, 2.75) is 53.4 Å². The third-order valence-corrected chi connectivity index (χ3v) is 8.20. The number of H-pyrrole nitrogens is 2. The van der Waals surface area contributed by atoms with Gasteiger partial charge in [-0.05, 0) is 111 Å². The summed E-state index contributed by atoms with van der Waals surface area (Å²) in [5.41, 5.74) is 13.3. The molecule has 0 unspecified atom stereocenters. The molecule has 44 heavy (non-hydrogen) atoms. The van der Waals surface area contributed by atoms with Crippen LogP contribution in [-0.2, 0) is 9.59 Å². The fourth-order valence-corrected chi connectivity index (χ4v) is 5.76. The Morgan fingerprint density at radius 3 is 1.45 bits per heavy atom. The fourth-order valence-electron chi connectivity index (χ4n) is 5.76. The number of rotatable bonds is 8. The van der Waals surface area contributed by atoms with Gasteiger partial charge in [0.05, 0.1) is 22.8 Å². The number of nitrogens with zero attached hydrogens (tertiary/aromatic N) is 2. The Balaban J connectivity index is 0.00000264. The monoisotopic (exact) mass is 606 g/mol. The summed E-state index contributed by atoms with van der Waals surface area (Å²) in [7, 11) is 0. The first kappa shape index (κ1) is 35.5. The molecule has 0 fully saturated rings. The largest absolute Gasteiger partial charge is 1.00 e. The topological polar surface area (TPSA) is 138 Å². The van der Waals surface area contributed by atoms with Crippen LogP contribution in [0.25, 0.3) is 56.5 Å². The van der Waals surface area contributed by atoms with Crippen molar-refractivity contribution in [1.82, 2.24) is 19.9 Å². The molecule has 0 amide bonds. The van der Waals surface area contributed by atoms with Crippen molar-refractivity contribution in [3.05, 3.63) is 82.5 Å². The number of aromatic nitrogens is 4. The van der Waals surface area contributed by atoms with Crippen LogP contribution in [0.1, 0.15) is 84.6 Å². The number of aromatic amines is 2. The molecule has 5 rings (SSSR count). The minimum Gasteiger partial charge on any atom is -0.550 e. The standard InChI is InChI=1S/C34H34N4O4.2Na/c1-7-21-17(3)25-13-26-19(5)23(9-11-33(39)40)31(37-26)16-32-24(10-12-34(41)42)20(6)28(38-32)15-30-22(8-2)18(4)27(36-30)14-29(21)35-25;;/h7-8,13-16,35-36H,1-2,9-12H2,3-6H3,(H,39,40)(H,41,42);;/q;2*+1/p-2. The van der Waals surface area contributed by atoms with Crippen molar-refractivity contribution in [1.29, 1.82) is 0 Å². The Morgan fingerprint density at radius 1 is 0.659 bits per heavy atom. The van der Waals surface area contributed by atoms with Crippen molar-refractivity contribution >= 4 is 68.4 Å². The first-order valence-corrected chi connectivity index (χ1v) is 13.8. The predicted octanol–water partition coefficient (Wildman–Crippen LogP) is -0.853. The van der Waals surface area contributed by atoms with Gasteiger partial charge in [0.25, 0.3) is 0 Å². The zero-order valence-electron chi connectivity index (χ0n) is 26.2. The number of carbonyl (C=O) groups excluding carboxylic acids is 2. The van der Waals surface area contributed by atoms with Gasteiger partial charge in [-0.1, -0.05) is 25.3 Å². The number of carbonyl (C=O) groups is 2. The zero-order chi connectivity index (χ0) is 30.3. The van der Waals surface area contributed by atoms with Gasteiger partial charge in [0.1, 0.15) is 0 Å². The number of hydrogen-bond acceptors (Lipinski definition) is 6. The molecule has 3 aromatic heterocycles. The average molecular weight is 607 g/mol. The number of hydrogen-bond donors (Lipinski definition) is 2. The van der Waals surface area contributed by atoms with E-state index in [9.17, 15) is 19.8 Å². The van der Waals surface area contributed by atoms with E-state index in [-0.39, 0.29) is 84.8 Å². The molecule has 3 aromatic rings. The van der Waals surface area contributed by atoms with Crippen LogP contribution in [-0.4, -0.2) is 31.9 Å². The molecule has 8 bridgehead atoms. The summed E-state index contributed by atoms with van der Waals surface area (Å²) >= 11 is 0. The number of carboxylic acids is 2. The molecular formula is C34H32N4Na2O4. The van der Waals surface area contributed by atoms with Gasteiger partial charge in [0.2, 0.25) is 0 Å². The smallest absolute Gasteiger partial charge is 0.550 e. The van der Waals surface area contributed by atoms with Crippen LogP contribution >= 0.6 is 0 Å². The van der Waals surface area contributed by atoms with Gasteiger partial charge >= 0.3 is 59.1 Å². The molecule has 5 heterocycles. The first-order valence-electron chi connectivity index (χ1n) is 13.8. The van der Waals surface area contributed by atoms with Crippen LogP contribution in [0.15, 0.2) is 37.4 Å². The Morgan fingerprint density at radius 2 is 1.05 bits per heavy atom. The van der Waals surface area contributed by atoms with E-state index in [2.05, 4.69) is 23.1 Å². The van der Waals surface area contributed by atoms with Gasteiger partial charge in [0, 0.05) is 45.1 Å². The van der Waals surface area contributed by atoms with Gasteiger partial charge < -0.3 is 29.8 Å². The van der Waals surface area contributed by atoms with Crippen LogP contribution < -0.4 is 69.3 Å². The SMILES string of the molecule is C=Cc1c(C)c2cc3[nH]c(cc4nc(cc5nc(cc1[nH]2)C(C)=C5CCC(=O)[O-])C(CCC(=O)[O-])=C4C)c(C)c3C=C.[Na+].[Na+]. The van der Waals surface area contributed by atoms with Crippen molar-refractivity contribution in [2.24, 2.45) is 0 Å². The van der Waals surface area contributed by atoms with E-state index >= 15 is 0 Å². The second kappa shape index (κ2) is 14.4. The van der Waals surface area contributed by atoms with Crippen LogP contribution in [0.2, 0.25) is 0 Å². The summed E-state index contributed by atoms with van der Waals surface area (Å²) in [6.07, 6.45) is 3.79. The molecule has 0 atom stereocenters. The van der Waals surface area contributed by atoms with Crippen LogP contribution in [0.4, 0.5) is 0 Å². The summed E-state index contributed by atoms with van der Waals surface area (Å²) in [4.78, 5) is 39.7. The Kier molecular flexibility index (Phi) is 11.6. The van der Waals surface area contributed by atoms with Crippen molar-refractivity contribution in [2.75, 3.05) is 0 Å². The third kappa shape index (κ3) is 6.81. The maximum Gasteiger partial charge on any atom is 1.00 e. The number of allylic oxidation sites excluding steroid dienone is 4. The third-order valence-electron chi connectivity index (χ3n) is 8.20. The molecule has 0 radical (unpaired) electrons. The summed E-state index contributed by atoms with van der Waals surface area (Å²) in [5, 5.41) is 22.8. The van der Waals surface area contributed by atoms with E-state index < -0.39 is 11.9 Å².